The lowest BCUT2D eigenvalue weighted by atomic mass is 9.92. The van der Waals surface area contributed by atoms with Gasteiger partial charge in [-0.2, -0.15) is 13.2 Å². The highest BCUT2D eigenvalue weighted by molar-refractivity contribution is 6.07. The number of amides is 3. The summed E-state index contributed by atoms with van der Waals surface area (Å²) in [7, 11) is 0. The highest BCUT2D eigenvalue weighted by atomic mass is 19.4. The van der Waals surface area contributed by atoms with Gasteiger partial charge in [-0.25, -0.2) is 9.59 Å². The molecule has 1 aliphatic rings. The van der Waals surface area contributed by atoms with E-state index in [1.807, 2.05) is 13.0 Å². The van der Waals surface area contributed by atoms with Crippen molar-refractivity contribution in [2.24, 2.45) is 0 Å². The molecule has 1 aromatic heterocycles. The fourth-order valence-corrected chi connectivity index (χ4v) is 4.46. The zero-order valence-corrected chi connectivity index (χ0v) is 20.9. The number of carbonyl (C=O) groups excluding carboxylic acids is 2. The molecule has 11 heteroatoms. The summed E-state index contributed by atoms with van der Waals surface area (Å²) >= 11 is 0. The monoisotopic (exact) mass is 532 g/mol. The van der Waals surface area contributed by atoms with Gasteiger partial charge in [0, 0.05) is 17.0 Å². The first-order chi connectivity index (χ1) is 18.1. The van der Waals surface area contributed by atoms with Gasteiger partial charge in [-0.1, -0.05) is 43.7 Å². The maximum absolute atomic E-state index is 13.4. The van der Waals surface area contributed by atoms with Crippen molar-refractivity contribution >= 4 is 22.9 Å². The quantitative estimate of drug-likeness (QED) is 0.232. The molecular weight excluding hydrogens is 505 g/mol. The lowest BCUT2D eigenvalue weighted by Gasteiger charge is -2.22. The van der Waals surface area contributed by atoms with Crippen LogP contribution >= 0.6 is 0 Å². The standard InChI is InChI=1S/C27H27F3N2O6/c1-3-7-19-21(11-10-18-20(27(28,29)30)16-22(33)38-23(18)19)37-15-14-36-13-12-32-24(34)26(2,31-25(32)35)17-8-5-4-6-9-17/h4-6,8-11,16H,3,7,12-15H2,1-2H3,(H,31,35). The van der Waals surface area contributed by atoms with E-state index in [9.17, 15) is 27.6 Å². The fourth-order valence-electron chi connectivity index (χ4n) is 4.46. The SMILES string of the molecule is CCCc1c(OCCOCCN2C(=O)NC(C)(c3ccccc3)C2=O)ccc2c(C(F)(F)F)cc(=O)oc12. The normalized spacial score (nSPS) is 17.8. The zero-order valence-electron chi connectivity index (χ0n) is 20.9. The van der Waals surface area contributed by atoms with Crippen LogP contribution in [0.2, 0.25) is 0 Å². The van der Waals surface area contributed by atoms with E-state index in [2.05, 4.69) is 5.32 Å². The summed E-state index contributed by atoms with van der Waals surface area (Å²) in [4.78, 5) is 38.3. The van der Waals surface area contributed by atoms with Crippen LogP contribution in [0.1, 0.15) is 37.0 Å². The van der Waals surface area contributed by atoms with Crippen molar-refractivity contribution in [1.82, 2.24) is 10.2 Å². The number of rotatable bonds is 10. The largest absolute Gasteiger partial charge is 0.491 e. The molecule has 1 saturated heterocycles. The molecular formula is C27H27F3N2O6. The molecule has 1 fully saturated rings. The minimum Gasteiger partial charge on any atom is -0.491 e. The summed E-state index contributed by atoms with van der Waals surface area (Å²) in [5.74, 6) is -0.0909. The number of nitrogens with one attached hydrogen (secondary N) is 1. The van der Waals surface area contributed by atoms with E-state index in [4.69, 9.17) is 13.9 Å². The Morgan fingerprint density at radius 2 is 1.76 bits per heavy atom. The third-order valence-electron chi connectivity index (χ3n) is 6.35. The minimum atomic E-state index is -4.71. The van der Waals surface area contributed by atoms with Gasteiger partial charge in [0.25, 0.3) is 5.91 Å². The number of benzene rings is 2. The van der Waals surface area contributed by atoms with E-state index >= 15 is 0 Å². The van der Waals surface area contributed by atoms with Crippen molar-refractivity contribution in [2.75, 3.05) is 26.4 Å². The van der Waals surface area contributed by atoms with E-state index < -0.39 is 28.9 Å². The number of nitrogens with zero attached hydrogens (tertiary/aromatic N) is 1. The average Bonchev–Trinajstić information content (AvgIpc) is 3.10. The smallest absolute Gasteiger partial charge is 0.417 e. The second kappa shape index (κ2) is 10.9. The van der Waals surface area contributed by atoms with Crippen molar-refractivity contribution in [3.05, 3.63) is 75.6 Å². The van der Waals surface area contributed by atoms with Gasteiger partial charge in [0.2, 0.25) is 0 Å². The Bertz CT molecular complexity index is 1390. The van der Waals surface area contributed by atoms with Crippen LogP contribution in [0.15, 0.2) is 57.7 Å². The van der Waals surface area contributed by atoms with Crippen LogP contribution < -0.4 is 15.7 Å². The molecule has 1 aliphatic heterocycles. The van der Waals surface area contributed by atoms with Crippen molar-refractivity contribution in [1.29, 1.82) is 0 Å². The van der Waals surface area contributed by atoms with Gasteiger partial charge in [-0.3, -0.25) is 9.69 Å². The van der Waals surface area contributed by atoms with Crippen LogP contribution in [-0.4, -0.2) is 43.2 Å². The molecule has 38 heavy (non-hydrogen) atoms. The molecule has 1 atom stereocenters. The second-order valence-electron chi connectivity index (χ2n) is 8.98. The third-order valence-corrected chi connectivity index (χ3v) is 6.35. The summed E-state index contributed by atoms with van der Waals surface area (Å²) in [6.45, 7) is 3.74. The van der Waals surface area contributed by atoms with Crippen LogP contribution in [0.3, 0.4) is 0 Å². The van der Waals surface area contributed by atoms with Gasteiger partial charge >= 0.3 is 17.8 Å². The Kier molecular flexibility index (Phi) is 7.77. The Labute approximate surface area is 216 Å². The summed E-state index contributed by atoms with van der Waals surface area (Å²) < 4.78 is 56.8. The molecule has 202 valence electrons. The Morgan fingerprint density at radius 3 is 2.45 bits per heavy atom. The molecule has 1 unspecified atom stereocenters. The molecule has 0 saturated carbocycles. The number of imide groups is 1. The maximum atomic E-state index is 13.4. The fraction of sp³-hybridized carbons (Fsp3) is 0.370. The van der Waals surface area contributed by atoms with E-state index in [-0.39, 0.29) is 49.0 Å². The number of ether oxygens (including phenoxy) is 2. The van der Waals surface area contributed by atoms with Crippen molar-refractivity contribution in [2.45, 2.75) is 38.4 Å². The van der Waals surface area contributed by atoms with E-state index in [0.717, 1.165) is 4.90 Å². The summed E-state index contributed by atoms with van der Waals surface area (Å²) in [6.07, 6.45) is -3.79. The molecule has 3 aromatic rings. The van der Waals surface area contributed by atoms with Crippen LogP contribution in [0.25, 0.3) is 11.0 Å². The van der Waals surface area contributed by atoms with E-state index in [1.165, 1.54) is 12.1 Å². The van der Waals surface area contributed by atoms with E-state index in [1.54, 1.807) is 31.2 Å². The first-order valence-corrected chi connectivity index (χ1v) is 12.1. The molecule has 4 rings (SSSR count). The highest BCUT2D eigenvalue weighted by Crippen LogP contribution is 2.37. The molecule has 3 amide bonds. The number of carbonyl (C=O) groups is 2. The second-order valence-corrected chi connectivity index (χ2v) is 8.98. The van der Waals surface area contributed by atoms with Gasteiger partial charge in [0.05, 0.1) is 25.3 Å². The van der Waals surface area contributed by atoms with E-state index in [0.29, 0.717) is 30.0 Å². The van der Waals surface area contributed by atoms with Gasteiger partial charge in [0.15, 0.2) is 0 Å². The molecule has 0 bridgehead atoms. The lowest BCUT2D eigenvalue weighted by Crippen LogP contribution is -2.41. The number of aryl methyl sites for hydroxylation is 1. The molecule has 1 N–H and O–H groups in total. The van der Waals surface area contributed by atoms with Gasteiger partial charge in [-0.05, 0) is 31.0 Å². The number of alkyl halides is 3. The average molecular weight is 533 g/mol. The number of urea groups is 1. The van der Waals surface area contributed by atoms with Crippen LogP contribution in [0.4, 0.5) is 18.0 Å². The predicted molar refractivity (Wildman–Crippen MR) is 132 cm³/mol. The number of fused-ring (bicyclic) bond motifs is 1. The predicted octanol–water partition coefficient (Wildman–Crippen LogP) is 4.63. The Balaban J connectivity index is 1.36. The molecule has 0 aliphatic carbocycles. The molecule has 2 heterocycles. The molecule has 0 spiro atoms. The zero-order chi connectivity index (χ0) is 27.5. The minimum absolute atomic E-state index is 0.0372. The number of halogens is 3. The summed E-state index contributed by atoms with van der Waals surface area (Å²) in [6, 6.07) is 11.5. The summed E-state index contributed by atoms with van der Waals surface area (Å²) in [5, 5.41) is 2.52. The third kappa shape index (κ3) is 5.38. The maximum Gasteiger partial charge on any atom is 0.417 e. The van der Waals surface area contributed by atoms with Crippen molar-refractivity contribution in [3.8, 4) is 5.75 Å². The van der Waals surface area contributed by atoms with Crippen LogP contribution in [0.5, 0.6) is 5.75 Å². The highest BCUT2D eigenvalue weighted by Gasteiger charge is 2.48. The first-order valence-electron chi connectivity index (χ1n) is 12.1. The van der Waals surface area contributed by atoms with Gasteiger partial charge in [0.1, 0.15) is 23.5 Å². The van der Waals surface area contributed by atoms with Crippen molar-refractivity contribution in [3.63, 3.8) is 0 Å². The number of hydrogen-bond donors (Lipinski definition) is 1. The van der Waals surface area contributed by atoms with Crippen LogP contribution in [-0.2, 0) is 27.7 Å². The first kappa shape index (κ1) is 27.2. The van der Waals surface area contributed by atoms with Crippen molar-refractivity contribution < 1.29 is 36.7 Å². The lowest BCUT2D eigenvalue weighted by molar-refractivity contribution is -0.136. The van der Waals surface area contributed by atoms with Crippen LogP contribution in [0, 0.1) is 0 Å². The Hall–Kier alpha value is -3.86. The summed E-state index contributed by atoms with van der Waals surface area (Å²) in [5.41, 5.74) is -2.41. The topological polar surface area (TPSA) is 98.1 Å². The number of hydrogen-bond acceptors (Lipinski definition) is 6. The Morgan fingerprint density at radius 1 is 1.03 bits per heavy atom. The van der Waals surface area contributed by atoms with Gasteiger partial charge < -0.3 is 19.2 Å². The molecule has 0 radical (unpaired) electrons. The molecule has 2 aromatic carbocycles. The molecule has 8 nitrogen and oxygen atoms in total. The van der Waals surface area contributed by atoms with Gasteiger partial charge in [-0.15, -0.1) is 0 Å².